The van der Waals surface area contributed by atoms with Gasteiger partial charge in [0.1, 0.15) is 11.9 Å². The van der Waals surface area contributed by atoms with E-state index in [1.165, 1.54) is 0 Å². The maximum absolute atomic E-state index is 11.5. The van der Waals surface area contributed by atoms with Crippen LogP contribution in [0.2, 0.25) is 0 Å². The second-order valence-electron chi connectivity index (χ2n) is 6.39. The highest BCUT2D eigenvalue weighted by atomic mass is 16.5. The van der Waals surface area contributed by atoms with Crippen molar-refractivity contribution < 1.29 is 19.4 Å². The van der Waals surface area contributed by atoms with E-state index in [9.17, 15) is 9.90 Å². The molecule has 3 rings (SSSR count). The first-order chi connectivity index (χ1) is 11.5. The van der Waals surface area contributed by atoms with E-state index in [0.717, 1.165) is 31.4 Å². The average Bonchev–Trinajstić information content (AvgIpc) is 2.54. The molecule has 0 spiro atoms. The highest BCUT2D eigenvalue weighted by Crippen LogP contribution is 2.39. The predicted octanol–water partition coefficient (Wildman–Crippen LogP) is 2.59. The van der Waals surface area contributed by atoms with Gasteiger partial charge in [-0.3, -0.25) is 0 Å². The number of hydrogen-bond donors (Lipinski definition) is 3. The van der Waals surface area contributed by atoms with Crippen LogP contribution in [0.4, 0.5) is 5.69 Å². The van der Waals surface area contributed by atoms with Crippen LogP contribution in [0.1, 0.15) is 38.2 Å². The molecule has 0 bridgehead atoms. The number of rotatable bonds is 4. The largest absolute Gasteiger partial charge is 0.487 e. The molecule has 24 heavy (non-hydrogen) atoms. The van der Waals surface area contributed by atoms with Crippen molar-refractivity contribution in [2.75, 3.05) is 12.4 Å². The molecular formula is C18H24N2O4. The van der Waals surface area contributed by atoms with E-state index in [2.05, 4.69) is 5.32 Å². The zero-order valence-corrected chi connectivity index (χ0v) is 14.0. The summed E-state index contributed by atoms with van der Waals surface area (Å²) in [4.78, 5) is 11.5. The molecule has 6 nitrogen and oxygen atoms in total. The molecule has 3 unspecified atom stereocenters. The van der Waals surface area contributed by atoms with Gasteiger partial charge in [0.05, 0.1) is 29.0 Å². The van der Waals surface area contributed by atoms with E-state index < -0.39 is 5.97 Å². The lowest BCUT2D eigenvalue weighted by molar-refractivity contribution is -0.132. The van der Waals surface area contributed by atoms with Crippen LogP contribution in [0.5, 0.6) is 5.75 Å². The van der Waals surface area contributed by atoms with E-state index in [1.807, 2.05) is 18.2 Å². The molecule has 1 saturated carbocycles. The zero-order chi connectivity index (χ0) is 17.3. The number of anilines is 1. The Bertz CT molecular complexity index is 671. The molecule has 3 atom stereocenters. The van der Waals surface area contributed by atoms with Gasteiger partial charge in [0.15, 0.2) is 0 Å². The lowest BCUT2D eigenvalue weighted by Crippen LogP contribution is -2.37. The quantitative estimate of drug-likeness (QED) is 0.785. The number of methoxy groups -OCH3 is 1. The van der Waals surface area contributed by atoms with Gasteiger partial charge in [-0.2, -0.15) is 0 Å². The van der Waals surface area contributed by atoms with Gasteiger partial charge in [-0.25, -0.2) is 4.79 Å². The van der Waals surface area contributed by atoms with E-state index >= 15 is 0 Å². The summed E-state index contributed by atoms with van der Waals surface area (Å²) < 4.78 is 11.8. The lowest BCUT2D eigenvalue weighted by Gasteiger charge is -2.33. The zero-order valence-electron chi connectivity index (χ0n) is 14.0. The SMILES string of the molecule is COC1CCCCC1Oc1cccc2c1C(N)=C(C(=O)O)C(C)N2. The average molecular weight is 332 g/mol. The number of hydrogen-bond acceptors (Lipinski definition) is 5. The van der Waals surface area contributed by atoms with Crippen molar-refractivity contribution in [1.29, 1.82) is 0 Å². The summed E-state index contributed by atoms with van der Waals surface area (Å²) in [5, 5.41) is 12.7. The second kappa shape index (κ2) is 6.73. The summed E-state index contributed by atoms with van der Waals surface area (Å²) in [6.07, 6.45) is 4.12. The summed E-state index contributed by atoms with van der Waals surface area (Å²) in [6.45, 7) is 1.79. The van der Waals surface area contributed by atoms with Gasteiger partial charge in [-0.05, 0) is 38.3 Å². The van der Waals surface area contributed by atoms with Crippen LogP contribution in [0.3, 0.4) is 0 Å². The van der Waals surface area contributed by atoms with Crippen molar-refractivity contribution in [3.63, 3.8) is 0 Å². The number of carboxylic acid groups (broad SMARTS) is 1. The molecule has 1 heterocycles. The molecule has 0 saturated heterocycles. The van der Waals surface area contributed by atoms with E-state index in [1.54, 1.807) is 14.0 Å². The first-order valence-electron chi connectivity index (χ1n) is 8.35. The van der Waals surface area contributed by atoms with Crippen LogP contribution >= 0.6 is 0 Å². The van der Waals surface area contributed by atoms with Gasteiger partial charge < -0.3 is 25.6 Å². The Morgan fingerprint density at radius 1 is 1.29 bits per heavy atom. The van der Waals surface area contributed by atoms with Crippen molar-refractivity contribution in [3.8, 4) is 5.75 Å². The fourth-order valence-electron chi connectivity index (χ4n) is 3.63. The summed E-state index contributed by atoms with van der Waals surface area (Å²) in [7, 11) is 1.70. The van der Waals surface area contributed by atoms with Gasteiger partial charge in [0.2, 0.25) is 0 Å². The maximum atomic E-state index is 11.5. The Hall–Kier alpha value is -2.21. The summed E-state index contributed by atoms with van der Waals surface area (Å²) in [5.74, 6) is -0.405. The second-order valence-corrected chi connectivity index (χ2v) is 6.39. The first-order valence-corrected chi connectivity index (χ1v) is 8.35. The Kier molecular flexibility index (Phi) is 4.66. The molecule has 6 heteroatoms. The maximum Gasteiger partial charge on any atom is 0.335 e. The molecule has 0 aromatic heterocycles. The molecule has 2 aliphatic rings. The number of benzene rings is 1. The minimum Gasteiger partial charge on any atom is -0.487 e. The van der Waals surface area contributed by atoms with Gasteiger partial charge in [-0.15, -0.1) is 0 Å². The third kappa shape index (κ3) is 2.94. The number of fused-ring (bicyclic) bond motifs is 1. The fourth-order valence-corrected chi connectivity index (χ4v) is 3.63. The standard InChI is InChI=1S/C18H24N2O4/c1-10-15(18(21)22)17(19)16-11(20-10)6-5-9-14(16)24-13-8-4-3-7-12(13)23-2/h5-6,9-10,12-13,20H,3-4,7-8,19H2,1-2H3,(H,21,22). The summed E-state index contributed by atoms with van der Waals surface area (Å²) in [5.41, 5.74) is 8.07. The minimum absolute atomic E-state index is 0.0457. The molecule has 1 aromatic carbocycles. The van der Waals surface area contributed by atoms with Crippen molar-refractivity contribution in [1.82, 2.24) is 0 Å². The van der Waals surface area contributed by atoms with E-state index in [0.29, 0.717) is 11.3 Å². The topological polar surface area (TPSA) is 93.8 Å². The van der Waals surface area contributed by atoms with Crippen molar-refractivity contribution in [3.05, 3.63) is 29.3 Å². The Balaban J connectivity index is 1.98. The minimum atomic E-state index is -1.01. The third-order valence-corrected chi connectivity index (χ3v) is 4.84. The smallest absolute Gasteiger partial charge is 0.335 e. The van der Waals surface area contributed by atoms with Crippen LogP contribution in [-0.4, -0.2) is 36.4 Å². The lowest BCUT2D eigenvalue weighted by atomic mass is 9.93. The van der Waals surface area contributed by atoms with Crippen LogP contribution < -0.4 is 15.8 Å². The molecule has 0 radical (unpaired) electrons. The molecule has 1 aliphatic carbocycles. The van der Waals surface area contributed by atoms with E-state index in [4.69, 9.17) is 15.2 Å². The van der Waals surface area contributed by atoms with Crippen molar-refractivity contribution in [2.24, 2.45) is 5.73 Å². The number of aliphatic carboxylic acids is 1. The molecule has 1 aliphatic heterocycles. The number of carbonyl (C=O) groups is 1. The van der Waals surface area contributed by atoms with Gasteiger partial charge in [-0.1, -0.05) is 12.5 Å². The van der Waals surface area contributed by atoms with Gasteiger partial charge in [0.25, 0.3) is 0 Å². The fraction of sp³-hybridized carbons (Fsp3) is 0.500. The van der Waals surface area contributed by atoms with E-state index in [-0.39, 0.29) is 29.5 Å². The molecule has 1 fully saturated rings. The number of carboxylic acids is 1. The number of nitrogens with two attached hydrogens (primary N) is 1. The van der Waals surface area contributed by atoms with Crippen molar-refractivity contribution >= 4 is 17.4 Å². The third-order valence-electron chi connectivity index (χ3n) is 4.84. The van der Waals surface area contributed by atoms with Gasteiger partial charge >= 0.3 is 5.97 Å². The molecule has 4 N–H and O–H groups in total. The van der Waals surface area contributed by atoms with Gasteiger partial charge in [0, 0.05) is 12.8 Å². The van der Waals surface area contributed by atoms with Crippen LogP contribution in [0, 0.1) is 0 Å². The summed E-state index contributed by atoms with van der Waals surface area (Å²) >= 11 is 0. The van der Waals surface area contributed by atoms with Crippen LogP contribution in [0.25, 0.3) is 5.70 Å². The first kappa shape index (κ1) is 16.6. The number of nitrogens with one attached hydrogen (secondary N) is 1. The Morgan fingerprint density at radius 2 is 2.00 bits per heavy atom. The highest BCUT2D eigenvalue weighted by Gasteiger charge is 2.32. The highest BCUT2D eigenvalue weighted by molar-refractivity contribution is 6.01. The molecular weight excluding hydrogens is 308 g/mol. The summed E-state index contributed by atoms with van der Waals surface area (Å²) in [6, 6.07) is 5.26. The number of ether oxygens (including phenoxy) is 2. The Morgan fingerprint density at radius 3 is 2.67 bits per heavy atom. The monoisotopic (exact) mass is 332 g/mol. The van der Waals surface area contributed by atoms with Crippen LogP contribution in [-0.2, 0) is 9.53 Å². The Labute approximate surface area is 141 Å². The van der Waals surface area contributed by atoms with Crippen LogP contribution in [0.15, 0.2) is 23.8 Å². The molecule has 0 amide bonds. The predicted molar refractivity (Wildman–Crippen MR) is 92.0 cm³/mol. The molecule has 130 valence electrons. The normalized spacial score (nSPS) is 26.5. The van der Waals surface area contributed by atoms with Crippen molar-refractivity contribution in [2.45, 2.75) is 50.9 Å². The molecule has 1 aromatic rings.